The van der Waals surface area contributed by atoms with Crippen molar-refractivity contribution < 1.29 is 4.74 Å². The van der Waals surface area contributed by atoms with E-state index in [4.69, 9.17) is 4.74 Å². The van der Waals surface area contributed by atoms with Gasteiger partial charge in [-0.3, -0.25) is 4.98 Å². The van der Waals surface area contributed by atoms with Gasteiger partial charge in [0.2, 0.25) is 0 Å². The number of hydrogen-bond acceptors (Lipinski definition) is 3. The van der Waals surface area contributed by atoms with Gasteiger partial charge in [-0.15, -0.1) is 0 Å². The molecule has 1 aromatic carbocycles. The molecule has 1 heterocycles. The minimum absolute atomic E-state index is 0.556. The Balaban J connectivity index is 1.58. The third kappa shape index (κ3) is 3.81. The predicted molar refractivity (Wildman–Crippen MR) is 82.6 cm³/mol. The summed E-state index contributed by atoms with van der Waals surface area (Å²) in [6, 6.07) is 10.9. The van der Waals surface area contributed by atoms with Crippen LogP contribution in [-0.2, 0) is 13.2 Å². The van der Waals surface area contributed by atoms with Gasteiger partial charge < -0.3 is 10.1 Å². The fourth-order valence-electron chi connectivity index (χ4n) is 1.96. The summed E-state index contributed by atoms with van der Waals surface area (Å²) in [6.07, 6.45) is 6.18. The van der Waals surface area contributed by atoms with E-state index in [1.54, 1.807) is 12.4 Å². The Labute approximate surface area is 127 Å². The molecule has 0 atom stereocenters. The van der Waals surface area contributed by atoms with Crippen LogP contribution in [-0.4, -0.2) is 11.0 Å². The van der Waals surface area contributed by atoms with Gasteiger partial charge >= 0.3 is 0 Å². The second kappa shape index (κ2) is 6.37. The first kappa shape index (κ1) is 13.6. The van der Waals surface area contributed by atoms with Crippen LogP contribution in [0.25, 0.3) is 0 Å². The van der Waals surface area contributed by atoms with Crippen molar-refractivity contribution in [1.82, 2.24) is 10.3 Å². The van der Waals surface area contributed by atoms with Gasteiger partial charge in [-0.2, -0.15) is 0 Å². The SMILES string of the molecule is Brc1cc(CNC2CC2)ccc1OCc1ccncc1. The molecule has 0 unspecified atom stereocenters. The fourth-order valence-corrected chi connectivity index (χ4v) is 2.50. The molecule has 1 N–H and O–H groups in total. The van der Waals surface area contributed by atoms with Crippen molar-refractivity contribution >= 4 is 15.9 Å². The van der Waals surface area contributed by atoms with Crippen molar-refractivity contribution in [3.63, 3.8) is 0 Å². The van der Waals surface area contributed by atoms with Crippen LogP contribution in [0, 0.1) is 0 Å². The van der Waals surface area contributed by atoms with Crippen molar-refractivity contribution in [1.29, 1.82) is 0 Å². The van der Waals surface area contributed by atoms with Gasteiger partial charge in [0.15, 0.2) is 0 Å². The Morgan fingerprint density at radius 2 is 1.95 bits per heavy atom. The van der Waals surface area contributed by atoms with Crippen molar-refractivity contribution in [2.75, 3.05) is 0 Å². The maximum atomic E-state index is 5.82. The summed E-state index contributed by atoms with van der Waals surface area (Å²) < 4.78 is 6.82. The lowest BCUT2D eigenvalue weighted by Gasteiger charge is -2.10. The number of nitrogens with one attached hydrogen (secondary N) is 1. The molecule has 4 heteroatoms. The summed E-state index contributed by atoms with van der Waals surface area (Å²) in [6.45, 7) is 1.48. The Bertz CT molecular complexity index is 570. The third-order valence-corrected chi connectivity index (χ3v) is 3.93. The lowest BCUT2D eigenvalue weighted by atomic mass is 10.2. The second-order valence-electron chi connectivity index (χ2n) is 5.06. The lowest BCUT2D eigenvalue weighted by molar-refractivity contribution is 0.304. The molecular weight excluding hydrogens is 316 g/mol. The van der Waals surface area contributed by atoms with Crippen molar-refractivity contribution in [3.05, 3.63) is 58.3 Å². The van der Waals surface area contributed by atoms with E-state index < -0.39 is 0 Å². The maximum Gasteiger partial charge on any atom is 0.134 e. The fraction of sp³-hybridized carbons (Fsp3) is 0.312. The standard InChI is InChI=1S/C16H17BrN2O/c17-15-9-13(10-19-14-2-3-14)1-4-16(15)20-11-12-5-7-18-8-6-12/h1,4-9,14,19H,2-3,10-11H2. The Morgan fingerprint density at radius 1 is 1.15 bits per heavy atom. The number of hydrogen-bond donors (Lipinski definition) is 1. The average Bonchev–Trinajstić information content (AvgIpc) is 3.29. The topological polar surface area (TPSA) is 34.1 Å². The number of halogens is 1. The highest BCUT2D eigenvalue weighted by Gasteiger charge is 2.19. The molecule has 3 nitrogen and oxygen atoms in total. The molecule has 1 aliphatic rings. The van der Waals surface area contributed by atoms with Crippen LogP contribution in [0.1, 0.15) is 24.0 Å². The van der Waals surface area contributed by atoms with Gasteiger partial charge in [-0.25, -0.2) is 0 Å². The number of rotatable bonds is 6. The largest absolute Gasteiger partial charge is 0.488 e. The zero-order valence-electron chi connectivity index (χ0n) is 11.2. The van der Waals surface area contributed by atoms with Crippen LogP contribution in [0.4, 0.5) is 0 Å². The van der Waals surface area contributed by atoms with Gasteiger partial charge in [0.1, 0.15) is 12.4 Å². The molecule has 0 bridgehead atoms. The molecule has 1 fully saturated rings. The number of nitrogens with zero attached hydrogens (tertiary/aromatic N) is 1. The van der Waals surface area contributed by atoms with E-state index in [-0.39, 0.29) is 0 Å². The highest BCUT2D eigenvalue weighted by Crippen LogP contribution is 2.27. The second-order valence-corrected chi connectivity index (χ2v) is 5.92. The van der Waals surface area contributed by atoms with E-state index in [1.165, 1.54) is 18.4 Å². The van der Waals surface area contributed by atoms with Crippen molar-refractivity contribution in [2.24, 2.45) is 0 Å². The molecule has 2 aromatic rings. The number of aromatic nitrogens is 1. The molecule has 1 aliphatic carbocycles. The van der Waals surface area contributed by atoms with Gasteiger partial charge in [-0.05, 0) is 64.2 Å². The minimum Gasteiger partial charge on any atom is -0.488 e. The molecule has 0 aliphatic heterocycles. The molecule has 0 saturated heterocycles. The molecule has 0 radical (unpaired) electrons. The number of ether oxygens (including phenoxy) is 1. The molecule has 1 aromatic heterocycles. The van der Waals surface area contributed by atoms with Crippen LogP contribution < -0.4 is 10.1 Å². The van der Waals surface area contributed by atoms with Crippen LogP contribution in [0.5, 0.6) is 5.75 Å². The smallest absolute Gasteiger partial charge is 0.134 e. The monoisotopic (exact) mass is 332 g/mol. The van der Waals surface area contributed by atoms with Crippen molar-refractivity contribution in [3.8, 4) is 5.75 Å². The van der Waals surface area contributed by atoms with E-state index in [9.17, 15) is 0 Å². The Morgan fingerprint density at radius 3 is 2.65 bits per heavy atom. The number of benzene rings is 1. The summed E-state index contributed by atoms with van der Waals surface area (Å²) in [5, 5.41) is 3.51. The number of pyridine rings is 1. The molecule has 1 saturated carbocycles. The first-order chi connectivity index (χ1) is 9.81. The van der Waals surface area contributed by atoms with E-state index in [0.29, 0.717) is 6.61 Å². The van der Waals surface area contributed by atoms with Crippen LogP contribution >= 0.6 is 15.9 Å². The molecule has 0 spiro atoms. The van der Waals surface area contributed by atoms with Crippen molar-refractivity contribution in [2.45, 2.75) is 32.0 Å². The highest BCUT2D eigenvalue weighted by atomic mass is 79.9. The quantitative estimate of drug-likeness (QED) is 0.876. The molecular formula is C16H17BrN2O. The molecule has 0 amide bonds. The zero-order chi connectivity index (χ0) is 13.8. The van der Waals surface area contributed by atoms with Gasteiger partial charge in [0.25, 0.3) is 0 Å². The van der Waals surface area contributed by atoms with E-state index >= 15 is 0 Å². The third-order valence-electron chi connectivity index (χ3n) is 3.31. The summed E-state index contributed by atoms with van der Waals surface area (Å²) in [5.41, 5.74) is 2.39. The average molecular weight is 333 g/mol. The summed E-state index contributed by atoms with van der Waals surface area (Å²) in [4.78, 5) is 4.00. The zero-order valence-corrected chi connectivity index (χ0v) is 12.8. The summed E-state index contributed by atoms with van der Waals surface area (Å²) in [7, 11) is 0. The van der Waals surface area contributed by atoms with Gasteiger partial charge in [0.05, 0.1) is 4.47 Å². The molecule has 3 rings (SSSR count). The highest BCUT2D eigenvalue weighted by molar-refractivity contribution is 9.10. The summed E-state index contributed by atoms with van der Waals surface area (Å²) in [5.74, 6) is 0.872. The van der Waals surface area contributed by atoms with Gasteiger partial charge in [0, 0.05) is 25.0 Å². The lowest BCUT2D eigenvalue weighted by Crippen LogP contribution is -2.15. The van der Waals surface area contributed by atoms with E-state index in [0.717, 1.165) is 28.4 Å². The predicted octanol–water partition coefficient (Wildman–Crippen LogP) is 3.68. The molecule has 104 valence electrons. The minimum atomic E-state index is 0.556. The Kier molecular flexibility index (Phi) is 4.33. The van der Waals surface area contributed by atoms with E-state index in [2.05, 4.69) is 38.4 Å². The van der Waals surface area contributed by atoms with Crippen LogP contribution in [0.2, 0.25) is 0 Å². The first-order valence-electron chi connectivity index (χ1n) is 6.85. The maximum absolute atomic E-state index is 5.82. The van der Waals surface area contributed by atoms with Gasteiger partial charge in [-0.1, -0.05) is 6.07 Å². The molecule has 20 heavy (non-hydrogen) atoms. The van der Waals surface area contributed by atoms with Crippen LogP contribution in [0.15, 0.2) is 47.2 Å². The summed E-state index contributed by atoms with van der Waals surface area (Å²) >= 11 is 3.58. The van der Waals surface area contributed by atoms with E-state index in [1.807, 2.05) is 18.2 Å². The normalized spacial score (nSPS) is 14.2. The first-order valence-corrected chi connectivity index (χ1v) is 7.64. The Hall–Kier alpha value is -1.39. The van der Waals surface area contributed by atoms with Crippen LogP contribution in [0.3, 0.4) is 0 Å².